The number of ketones is 1. The van der Waals surface area contributed by atoms with E-state index in [-0.39, 0.29) is 11.3 Å². The third-order valence-corrected chi connectivity index (χ3v) is 5.14. The minimum atomic E-state index is -0.0605. The second kappa shape index (κ2) is 7.87. The van der Waals surface area contributed by atoms with E-state index in [2.05, 4.69) is 6.07 Å². The van der Waals surface area contributed by atoms with Crippen molar-refractivity contribution in [2.45, 2.75) is 38.8 Å². The predicted molar refractivity (Wildman–Crippen MR) is 107 cm³/mol. The van der Waals surface area contributed by atoms with E-state index in [1.165, 1.54) is 11.8 Å². The molecule has 0 aliphatic carbocycles. The quantitative estimate of drug-likeness (QED) is 0.367. The summed E-state index contributed by atoms with van der Waals surface area (Å²) in [5, 5.41) is 1.28. The Morgan fingerprint density at radius 1 is 1.12 bits per heavy atom. The molecule has 0 spiro atoms. The first-order valence-corrected chi connectivity index (χ1v) is 9.67. The molecule has 0 aliphatic heterocycles. The summed E-state index contributed by atoms with van der Waals surface area (Å²) < 4.78 is 1.70. The van der Waals surface area contributed by atoms with Crippen LogP contribution in [0, 0.1) is 13.8 Å². The molecule has 134 valence electrons. The molecule has 5 heteroatoms. The first-order valence-electron chi connectivity index (χ1n) is 8.68. The zero-order valence-corrected chi connectivity index (χ0v) is 16.1. The molecule has 0 aliphatic rings. The first-order chi connectivity index (χ1) is 12.5. The van der Waals surface area contributed by atoms with Gasteiger partial charge in [-0.2, -0.15) is 0 Å². The van der Waals surface area contributed by atoms with E-state index in [9.17, 15) is 9.59 Å². The van der Waals surface area contributed by atoms with Crippen molar-refractivity contribution in [2.75, 3.05) is 5.75 Å². The second-order valence-corrected chi connectivity index (χ2v) is 7.61. The lowest BCUT2D eigenvalue weighted by atomic mass is 10.1. The van der Waals surface area contributed by atoms with Crippen LogP contribution in [0.2, 0.25) is 0 Å². The minimum Gasteiger partial charge on any atom is -0.300 e. The lowest BCUT2D eigenvalue weighted by Gasteiger charge is -2.14. The number of rotatable bonds is 6. The van der Waals surface area contributed by atoms with Gasteiger partial charge in [0.25, 0.3) is 5.56 Å². The first kappa shape index (κ1) is 18.4. The van der Waals surface area contributed by atoms with Crippen molar-refractivity contribution in [3.8, 4) is 5.69 Å². The van der Waals surface area contributed by atoms with E-state index in [4.69, 9.17) is 4.98 Å². The number of carbonyl (C=O) groups is 1. The molecule has 3 rings (SSSR count). The van der Waals surface area contributed by atoms with E-state index < -0.39 is 0 Å². The van der Waals surface area contributed by atoms with Crippen LogP contribution < -0.4 is 5.56 Å². The SMILES string of the molecule is CC(=O)CCCSc1nc2ccccc2c(=O)n1-c1cc(C)cc(C)c1. The topological polar surface area (TPSA) is 52.0 Å². The number of carbonyl (C=O) groups excluding carboxylic acids is 1. The summed E-state index contributed by atoms with van der Waals surface area (Å²) in [5.74, 6) is 0.929. The van der Waals surface area contributed by atoms with Crippen molar-refractivity contribution >= 4 is 28.4 Å². The molecule has 26 heavy (non-hydrogen) atoms. The fourth-order valence-corrected chi connectivity index (χ4v) is 3.95. The van der Waals surface area contributed by atoms with Gasteiger partial charge in [0.05, 0.1) is 16.6 Å². The average Bonchev–Trinajstić information content (AvgIpc) is 2.58. The highest BCUT2D eigenvalue weighted by molar-refractivity contribution is 7.99. The Kier molecular flexibility index (Phi) is 5.57. The van der Waals surface area contributed by atoms with E-state index in [0.717, 1.165) is 29.0 Å². The summed E-state index contributed by atoms with van der Waals surface area (Å²) >= 11 is 1.52. The van der Waals surface area contributed by atoms with Gasteiger partial charge >= 0.3 is 0 Å². The standard InChI is InChI=1S/C21H22N2O2S/c1-14-11-15(2)13-17(12-14)23-20(25)18-8-4-5-9-19(18)22-21(23)26-10-6-7-16(3)24/h4-5,8-9,11-13H,6-7,10H2,1-3H3. The van der Waals surface area contributed by atoms with Gasteiger partial charge in [-0.05, 0) is 62.6 Å². The van der Waals surface area contributed by atoms with Gasteiger partial charge in [0.2, 0.25) is 0 Å². The zero-order valence-electron chi connectivity index (χ0n) is 15.3. The van der Waals surface area contributed by atoms with E-state index >= 15 is 0 Å². The van der Waals surface area contributed by atoms with Crippen LogP contribution in [0.25, 0.3) is 16.6 Å². The van der Waals surface area contributed by atoms with E-state index in [1.54, 1.807) is 11.5 Å². The van der Waals surface area contributed by atoms with Crippen LogP contribution in [0.5, 0.6) is 0 Å². The van der Waals surface area contributed by atoms with Gasteiger partial charge in [-0.15, -0.1) is 0 Å². The molecule has 2 aromatic carbocycles. The zero-order chi connectivity index (χ0) is 18.7. The number of aryl methyl sites for hydroxylation is 2. The van der Waals surface area contributed by atoms with Gasteiger partial charge < -0.3 is 4.79 Å². The summed E-state index contributed by atoms with van der Waals surface area (Å²) in [4.78, 5) is 29.1. The second-order valence-electron chi connectivity index (χ2n) is 6.55. The summed E-state index contributed by atoms with van der Waals surface area (Å²) in [6.07, 6.45) is 1.32. The molecule has 0 bridgehead atoms. The summed E-state index contributed by atoms with van der Waals surface area (Å²) in [6.45, 7) is 5.65. The van der Waals surface area contributed by atoms with Crippen LogP contribution in [0.15, 0.2) is 52.4 Å². The van der Waals surface area contributed by atoms with Gasteiger partial charge in [-0.25, -0.2) is 4.98 Å². The number of Topliss-reactive ketones (excluding diaryl/α,β-unsaturated/α-hetero) is 1. The molecule has 1 aromatic heterocycles. The maximum absolute atomic E-state index is 13.2. The molecule has 0 radical (unpaired) electrons. The van der Waals surface area contributed by atoms with Crippen LogP contribution in [0.4, 0.5) is 0 Å². The molecule has 0 fully saturated rings. The van der Waals surface area contributed by atoms with Crippen molar-refractivity contribution in [2.24, 2.45) is 0 Å². The molecule has 0 saturated heterocycles. The molecular weight excluding hydrogens is 344 g/mol. The number of hydrogen-bond donors (Lipinski definition) is 0. The van der Waals surface area contributed by atoms with Crippen LogP contribution in [-0.2, 0) is 4.79 Å². The highest BCUT2D eigenvalue weighted by Gasteiger charge is 2.13. The number of nitrogens with zero attached hydrogens (tertiary/aromatic N) is 2. The molecule has 3 aromatic rings. The lowest BCUT2D eigenvalue weighted by Crippen LogP contribution is -2.22. The molecule has 0 atom stereocenters. The Balaban J connectivity index is 2.11. The largest absolute Gasteiger partial charge is 0.300 e. The number of aromatic nitrogens is 2. The monoisotopic (exact) mass is 366 g/mol. The molecular formula is C21H22N2O2S. The Bertz CT molecular complexity index is 1000. The average molecular weight is 366 g/mol. The van der Waals surface area contributed by atoms with E-state index in [0.29, 0.717) is 22.5 Å². The fraction of sp³-hybridized carbons (Fsp3) is 0.286. The molecule has 0 amide bonds. The van der Waals surface area contributed by atoms with Crippen LogP contribution in [0.1, 0.15) is 30.9 Å². The Hall–Kier alpha value is -2.40. The molecule has 0 unspecified atom stereocenters. The van der Waals surface area contributed by atoms with Gasteiger partial charge in [0.15, 0.2) is 5.16 Å². The maximum Gasteiger partial charge on any atom is 0.266 e. The number of para-hydroxylation sites is 1. The molecule has 1 heterocycles. The fourth-order valence-electron chi connectivity index (χ4n) is 3.00. The van der Waals surface area contributed by atoms with Gasteiger partial charge in [-0.1, -0.05) is 30.0 Å². The number of fused-ring (bicyclic) bond motifs is 1. The van der Waals surface area contributed by atoms with Gasteiger partial charge in [0.1, 0.15) is 5.78 Å². The van der Waals surface area contributed by atoms with Crippen molar-refractivity contribution in [1.82, 2.24) is 9.55 Å². The maximum atomic E-state index is 13.2. The smallest absolute Gasteiger partial charge is 0.266 e. The minimum absolute atomic E-state index is 0.0605. The third-order valence-electron chi connectivity index (χ3n) is 4.11. The highest BCUT2D eigenvalue weighted by Crippen LogP contribution is 2.23. The number of hydrogen-bond acceptors (Lipinski definition) is 4. The van der Waals surface area contributed by atoms with Crippen LogP contribution in [-0.4, -0.2) is 21.1 Å². The third kappa shape index (κ3) is 4.05. The number of benzene rings is 2. The van der Waals surface area contributed by atoms with Crippen molar-refractivity contribution < 1.29 is 4.79 Å². The van der Waals surface area contributed by atoms with Crippen molar-refractivity contribution in [3.63, 3.8) is 0 Å². The molecule has 0 N–H and O–H groups in total. The molecule has 0 saturated carbocycles. The number of thioether (sulfide) groups is 1. The Morgan fingerprint density at radius 2 is 1.81 bits per heavy atom. The normalized spacial score (nSPS) is 11.0. The Morgan fingerprint density at radius 3 is 2.50 bits per heavy atom. The van der Waals surface area contributed by atoms with Crippen molar-refractivity contribution in [3.05, 3.63) is 63.9 Å². The summed E-state index contributed by atoms with van der Waals surface area (Å²) in [7, 11) is 0. The lowest BCUT2D eigenvalue weighted by molar-refractivity contribution is -0.117. The predicted octanol–water partition coefficient (Wildman–Crippen LogP) is 4.46. The van der Waals surface area contributed by atoms with Crippen LogP contribution >= 0.6 is 11.8 Å². The summed E-state index contributed by atoms with van der Waals surface area (Å²) in [6, 6.07) is 13.5. The Labute approximate surface area is 157 Å². The van der Waals surface area contributed by atoms with E-state index in [1.807, 2.05) is 50.2 Å². The molecule has 4 nitrogen and oxygen atoms in total. The van der Waals surface area contributed by atoms with Gasteiger partial charge in [-0.3, -0.25) is 9.36 Å². The van der Waals surface area contributed by atoms with Crippen LogP contribution in [0.3, 0.4) is 0 Å². The van der Waals surface area contributed by atoms with Crippen molar-refractivity contribution in [1.29, 1.82) is 0 Å². The highest BCUT2D eigenvalue weighted by atomic mass is 32.2. The van der Waals surface area contributed by atoms with Gasteiger partial charge in [0, 0.05) is 12.2 Å². The summed E-state index contributed by atoms with van der Waals surface area (Å²) in [5.41, 5.74) is 3.68.